The van der Waals surface area contributed by atoms with Crippen molar-refractivity contribution >= 4 is 62.1 Å². The van der Waals surface area contributed by atoms with Crippen molar-refractivity contribution in [1.82, 2.24) is 0 Å². The number of hydrogen-bond donors (Lipinski definition) is 0. The summed E-state index contributed by atoms with van der Waals surface area (Å²) >= 11 is 20.6. The molecule has 132 valence electrons. The van der Waals surface area contributed by atoms with E-state index in [4.69, 9.17) is 34.8 Å². The molecule has 0 radical (unpaired) electrons. The van der Waals surface area contributed by atoms with Crippen LogP contribution in [0.25, 0.3) is 5.57 Å². The zero-order chi connectivity index (χ0) is 18.9. The molecule has 0 aliphatic heterocycles. The molecule has 1 nitrogen and oxygen atoms in total. The van der Waals surface area contributed by atoms with E-state index in [0.717, 1.165) is 22.2 Å². The third-order valence-corrected chi connectivity index (χ3v) is 5.40. The maximum atomic E-state index is 13.4. The molecule has 0 fully saturated rings. The molecule has 0 spiro atoms. The lowest BCUT2D eigenvalue weighted by Crippen LogP contribution is -2.13. The summed E-state index contributed by atoms with van der Waals surface area (Å²) in [4.78, 5) is 12.3. The Kier molecular flexibility index (Phi) is 6.26. The van der Waals surface area contributed by atoms with Gasteiger partial charge in [0.25, 0.3) is 0 Å². The molecular weight excluding hydrogens is 463 g/mol. The Morgan fingerprint density at radius 1 is 1.04 bits per heavy atom. The highest BCUT2D eigenvalue weighted by Gasteiger charge is 2.36. The summed E-state index contributed by atoms with van der Waals surface area (Å²) in [5, 5.41) is -0.319. The van der Waals surface area contributed by atoms with Crippen LogP contribution >= 0.6 is 50.7 Å². The van der Waals surface area contributed by atoms with Gasteiger partial charge in [0, 0.05) is 10.0 Å². The van der Waals surface area contributed by atoms with Gasteiger partial charge in [-0.15, -0.1) is 0 Å². The molecule has 0 bridgehead atoms. The quantitative estimate of drug-likeness (QED) is 0.256. The molecule has 0 amide bonds. The first-order valence-corrected chi connectivity index (χ1v) is 8.67. The number of aryl methyl sites for hydroxylation is 1. The van der Waals surface area contributed by atoms with Crippen molar-refractivity contribution in [2.45, 2.75) is 13.1 Å². The number of benzene rings is 2. The Labute approximate surface area is 165 Å². The molecule has 0 aromatic heterocycles. The maximum absolute atomic E-state index is 13.4. The standard InChI is InChI=1S/C17H9BrCl3F3O/c1-8-4-9(2-3-12(8)18)15(25)7-11(17(22,23)24)10-5-13(19)16(21)14(20)6-10/h2-7H,1H3/b11-7+. The SMILES string of the molecule is Cc1cc(C(=O)/C=C(\c2cc(Cl)c(Cl)c(Cl)c2)C(F)(F)F)ccc1Br. The Morgan fingerprint density at radius 3 is 2.08 bits per heavy atom. The third-order valence-electron chi connectivity index (χ3n) is 3.32. The van der Waals surface area contributed by atoms with Crippen LogP contribution in [0.15, 0.2) is 40.9 Å². The molecule has 0 aliphatic rings. The maximum Gasteiger partial charge on any atom is 0.417 e. The first-order valence-electron chi connectivity index (χ1n) is 6.75. The van der Waals surface area contributed by atoms with Gasteiger partial charge in [-0.2, -0.15) is 13.2 Å². The predicted molar refractivity (Wildman–Crippen MR) is 98.7 cm³/mol. The van der Waals surface area contributed by atoms with E-state index in [1.54, 1.807) is 13.0 Å². The second-order valence-corrected chi connectivity index (χ2v) is 7.18. The monoisotopic (exact) mass is 470 g/mol. The summed E-state index contributed by atoms with van der Waals surface area (Å²) in [5.41, 5.74) is -0.633. The second kappa shape index (κ2) is 7.70. The molecule has 0 saturated heterocycles. The smallest absolute Gasteiger partial charge is 0.289 e. The highest BCUT2D eigenvalue weighted by molar-refractivity contribution is 9.10. The van der Waals surface area contributed by atoms with Crippen molar-refractivity contribution in [2.75, 3.05) is 0 Å². The molecule has 25 heavy (non-hydrogen) atoms. The minimum Gasteiger partial charge on any atom is -0.289 e. The molecule has 0 N–H and O–H groups in total. The minimum absolute atomic E-state index is 0.0523. The van der Waals surface area contributed by atoms with Gasteiger partial charge >= 0.3 is 6.18 Å². The van der Waals surface area contributed by atoms with Gasteiger partial charge in [0.05, 0.1) is 20.6 Å². The Morgan fingerprint density at radius 2 is 1.60 bits per heavy atom. The summed E-state index contributed by atoms with van der Waals surface area (Å²) in [6.07, 6.45) is -4.25. The lowest BCUT2D eigenvalue weighted by Gasteiger charge is -2.13. The topological polar surface area (TPSA) is 17.1 Å². The second-order valence-electron chi connectivity index (χ2n) is 5.14. The minimum atomic E-state index is -4.78. The zero-order valence-electron chi connectivity index (χ0n) is 12.5. The van der Waals surface area contributed by atoms with Crippen molar-refractivity contribution < 1.29 is 18.0 Å². The molecule has 0 atom stereocenters. The number of hydrogen-bond acceptors (Lipinski definition) is 1. The Hall–Kier alpha value is -1.01. The summed E-state index contributed by atoms with van der Waals surface area (Å²) in [6.45, 7) is 1.73. The molecule has 0 unspecified atom stereocenters. The highest BCUT2D eigenvalue weighted by Crippen LogP contribution is 2.39. The first kappa shape index (κ1) is 20.3. The van der Waals surface area contributed by atoms with Crippen LogP contribution in [-0.4, -0.2) is 12.0 Å². The van der Waals surface area contributed by atoms with Gasteiger partial charge in [-0.3, -0.25) is 4.79 Å². The summed E-state index contributed by atoms with van der Waals surface area (Å²) in [6, 6.07) is 6.58. The van der Waals surface area contributed by atoms with Crippen molar-refractivity contribution in [3.05, 3.63) is 72.6 Å². The van der Waals surface area contributed by atoms with Gasteiger partial charge < -0.3 is 0 Å². The van der Waals surface area contributed by atoms with Gasteiger partial charge in [0.2, 0.25) is 0 Å². The molecule has 0 aliphatic carbocycles. The summed E-state index contributed by atoms with van der Waals surface area (Å²) in [7, 11) is 0. The van der Waals surface area contributed by atoms with E-state index < -0.39 is 17.5 Å². The zero-order valence-corrected chi connectivity index (χ0v) is 16.4. The van der Waals surface area contributed by atoms with Gasteiger partial charge in [-0.25, -0.2) is 0 Å². The summed E-state index contributed by atoms with van der Waals surface area (Å²) < 4.78 is 41.1. The number of alkyl halides is 3. The van der Waals surface area contributed by atoms with Gasteiger partial charge in [-0.1, -0.05) is 50.7 Å². The molecular formula is C17H9BrCl3F3O. The number of carbonyl (C=O) groups excluding carboxylic acids is 1. The van der Waals surface area contributed by atoms with E-state index in [0.29, 0.717) is 6.08 Å². The number of ketones is 1. The van der Waals surface area contributed by atoms with E-state index >= 15 is 0 Å². The molecule has 2 rings (SSSR count). The van der Waals surface area contributed by atoms with Crippen LogP contribution in [-0.2, 0) is 0 Å². The molecule has 0 saturated carbocycles. The van der Waals surface area contributed by atoms with Crippen molar-refractivity contribution in [1.29, 1.82) is 0 Å². The van der Waals surface area contributed by atoms with Crippen LogP contribution in [0.5, 0.6) is 0 Å². The van der Waals surface area contributed by atoms with Crippen LogP contribution in [0.3, 0.4) is 0 Å². The number of rotatable bonds is 3. The fraction of sp³-hybridized carbons (Fsp3) is 0.118. The van der Waals surface area contributed by atoms with E-state index in [-0.39, 0.29) is 26.2 Å². The van der Waals surface area contributed by atoms with Gasteiger partial charge in [0.1, 0.15) is 0 Å². The fourth-order valence-corrected chi connectivity index (χ4v) is 2.90. The van der Waals surface area contributed by atoms with E-state index in [1.165, 1.54) is 12.1 Å². The lowest BCUT2D eigenvalue weighted by atomic mass is 10.0. The normalized spacial score (nSPS) is 12.4. The number of halogens is 7. The van der Waals surface area contributed by atoms with Gasteiger partial charge in [0.15, 0.2) is 5.78 Å². The van der Waals surface area contributed by atoms with E-state index in [2.05, 4.69) is 15.9 Å². The Balaban J connectivity index is 2.56. The van der Waals surface area contributed by atoms with E-state index in [9.17, 15) is 18.0 Å². The van der Waals surface area contributed by atoms with Crippen molar-refractivity contribution in [3.63, 3.8) is 0 Å². The molecule has 2 aromatic carbocycles. The predicted octanol–water partition coefficient (Wildman–Crippen LogP) is 7.55. The highest BCUT2D eigenvalue weighted by atomic mass is 79.9. The molecule has 2 aromatic rings. The molecule has 8 heteroatoms. The van der Waals surface area contributed by atoms with Crippen molar-refractivity contribution in [3.8, 4) is 0 Å². The number of allylic oxidation sites excluding steroid dienone is 2. The van der Waals surface area contributed by atoms with Crippen LogP contribution in [0.4, 0.5) is 13.2 Å². The van der Waals surface area contributed by atoms with Crippen LogP contribution < -0.4 is 0 Å². The number of carbonyl (C=O) groups is 1. The van der Waals surface area contributed by atoms with Crippen LogP contribution in [0.1, 0.15) is 21.5 Å². The summed E-state index contributed by atoms with van der Waals surface area (Å²) in [5.74, 6) is -0.787. The van der Waals surface area contributed by atoms with Crippen LogP contribution in [0, 0.1) is 6.92 Å². The average Bonchev–Trinajstić information content (AvgIpc) is 2.51. The van der Waals surface area contributed by atoms with Crippen LogP contribution in [0.2, 0.25) is 15.1 Å². The van der Waals surface area contributed by atoms with Gasteiger partial charge in [-0.05, 0) is 54.5 Å². The lowest BCUT2D eigenvalue weighted by molar-refractivity contribution is -0.0689. The fourth-order valence-electron chi connectivity index (χ4n) is 2.05. The van der Waals surface area contributed by atoms with Crippen molar-refractivity contribution in [2.24, 2.45) is 0 Å². The largest absolute Gasteiger partial charge is 0.417 e. The van der Waals surface area contributed by atoms with E-state index in [1.807, 2.05) is 0 Å². The first-order chi connectivity index (χ1) is 11.5. The average molecular weight is 473 g/mol. The molecule has 0 heterocycles. The Bertz CT molecular complexity index is 853. The third kappa shape index (κ3) is 4.79.